The van der Waals surface area contributed by atoms with Crippen LogP contribution in [0.25, 0.3) is 0 Å². The average molecular weight is 446 g/mol. The molecule has 0 atom stereocenters. The maximum Gasteiger partial charge on any atom is 0.252 e. The van der Waals surface area contributed by atoms with E-state index >= 15 is 0 Å². The summed E-state index contributed by atoms with van der Waals surface area (Å²) in [6.45, 7) is 0.539. The minimum absolute atomic E-state index is 0.128. The van der Waals surface area contributed by atoms with Crippen molar-refractivity contribution in [2.24, 2.45) is 0 Å². The molecule has 0 radical (unpaired) electrons. The van der Waals surface area contributed by atoms with Crippen LogP contribution in [-0.4, -0.2) is 24.4 Å². The molecular formula is C24H19N3O4S. The first-order chi connectivity index (χ1) is 15.6. The van der Waals surface area contributed by atoms with Gasteiger partial charge >= 0.3 is 0 Å². The molecular weight excluding hydrogens is 426 g/mol. The number of fused-ring (bicyclic) bond motifs is 1. The van der Waals surface area contributed by atoms with Gasteiger partial charge in [0.25, 0.3) is 5.91 Å². The standard InChI is InChI=1S/C24H19N3O4S/c25-12-16-4-3-5-18(10-16)27-23(28)14-32-22-7-2-1-6-19(22)24(29)26-13-17-8-9-20-21(11-17)31-15-30-20/h1-11H,13-15H2,(H,26,29)(H,27,28). The average Bonchev–Trinajstić information content (AvgIpc) is 3.29. The van der Waals surface area contributed by atoms with Crippen molar-refractivity contribution < 1.29 is 19.1 Å². The number of nitrogens with zero attached hydrogens (tertiary/aromatic N) is 1. The van der Waals surface area contributed by atoms with Crippen molar-refractivity contribution in [1.82, 2.24) is 5.32 Å². The Bertz CT molecular complexity index is 1210. The maximum absolute atomic E-state index is 12.8. The molecule has 160 valence electrons. The zero-order chi connectivity index (χ0) is 22.3. The third kappa shape index (κ3) is 5.20. The van der Waals surface area contributed by atoms with Crippen molar-refractivity contribution in [3.8, 4) is 17.6 Å². The molecule has 2 amide bonds. The van der Waals surface area contributed by atoms with Crippen molar-refractivity contribution in [3.63, 3.8) is 0 Å². The Morgan fingerprint density at radius 2 is 1.84 bits per heavy atom. The summed E-state index contributed by atoms with van der Waals surface area (Å²) in [6, 6.07) is 21.4. The third-order valence-corrected chi connectivity index (χ3v) is 5.73. The first-order valence-corrected chi connectivity index (χ1v) is 10.8. The van der Waals surface area contributed by atoms with Crippen LogP contribution in [0.1, 0.15) is 21.5 Å². The van der Waals surface area contributed by atoms with Crippen molar-refractivity contribution >= 4 is 29.3 Å². The van der Waals surface area contributed by atoms with Gasteiger partial charge in [-0.15, -0.1) is 11.8 Å². The highest BCUT2D eigenvalue weighted by Gasteiger charge is 2.15. The highest BCUT2D eigenvalue weighted by Crippen LogP contribution is 2.32. The summed E-state index contributed by atoms with van der Waals surface area (Å²) in [5.41, 5.74) is 2.42. The van der Waals surface area contributed by atoms with Crippen LogP contribution >= 0.6 is 11.8 Å². The lowest BCUT2D eigenvalue weighted by Gasteiger charge is -2.11. The molecule has 1 aliphatic rings. The van der Waals surface area contributed by atoms with Gasteiger partial charge in [0.05, 0.1) is 22.9 Å². The van der Waals surface area contributed by atoms with E-state index in [0.29, 0.717) is 39.8 Å². The van der Waals surface area contributed by atoms with E-state index < -0.39 is 0 Å². The smallest absolute Gasteiger partial charge is 0.252 e. The molecule has 3 aromatic carbocycles. The largest absolute Gasteiger partial charge is 0.454 e. The number of hydrogen-bond donors (Lipinski definition) is 2. The summed E-state index contributed by atoms with van der Waals surface area (Å²) in [7, 11) is 0. The van der Waals surface area contributed by atoms with Gasteiger partial charge in [-0.25, -0.2) is 0 Å². The number of benzene rings is 3. The fraction of sp³-hybridized carbons (Fsp3) is 0.125. The van der Waals surface area contributed by atoms with Gasteiger partial charge in [-0.05, 0) is 48.0 Å². The van der Waals surface area contributed by atoms with Crippen LogP contribution in [0, 0.1) is 11.3 Å². The molecule has 0 unspecified atom stereocenters. The predicted molar refractivity (Wildman–Crippen MR) is 121 cm³/mol. The van der Waals surface area contributed by atoms with Crippen molar-refractivity contribution in [1.29, 1.82) is 5.26 Å². The number of nitrogens with one attached hydrogen (secondary N) is 2. The zero-order valence-electron chi connectivity index (χ0n) is 17.0. The van der Waals surface area contributed by atoms with E-state index in [1.165, 1.54) is 11.8 Å². The van der Waals surface area contributed by atoms with Gasteiger partial charge in [0.15, 0.2) is 11.5 Å². The Labute approximate surface area is 189 Å². The Hall–Kier alpha value is -3.96. The molecule has 8 heteroatoms. The summed E-state index contributed by atoms with van der Waals surface area (Å²) in [4.78, 5) is 25.8. The Balaban J connectivity index is 1.35. The molecule has 0 saturated heterocycles. The quantitative estimate of drug-likeness (QED) is 0.534. The second kappa shape index (κ2) is 9.90. The molecule has 0 aliphatic carbocycles. The highest BCUT2D eigenvalue weighted by atomic mass is 32.2. The van der Waals surface area contributed by atoms with Crippen LogP contribution in [0.5, 0.6) is 11.5 Å². The van der Waals surface area contributed by atoms with Gasteiger partial charge in [0.2, 0.25) is 12.7 Å². The topological polar surface area (TPSA) is 100 Å². The number of ether oxygens (including phenoxy) is 2. The summed E-state index contributed by atoms with van der Waals surface area (Å²) >= 11 is 1.28. The highest BCUT2D eigenvalue weighted by molar-refractivity contribution is 8.00. The summed E-state index contributed by atoms with van der Waals surface area (Å²) in [6.07, 6.45) is 0. The molecule has 1 heterocycles. The van der Waals surface area contributed by atoms with E-state index in [4.69, 9.17) is 14.7 Å². The summed E-state index contributed by atoms with van der Waals surface area (Å²) in [5.74, 6) is 1.04. The minimum atomic E-state index is -0.229. The molecule has 4 rings (SSSR count). The maximum atomic E-state index is 12.8. The Morgan fingerprint density at radius 3 is 2.72 bits per heavy atom. The second-order valence-electron chi connectivity index (χ2n) is 6.90. The predicted octanol–water partition coefficient (Wildman–Crippen LogP) is 3.95. The number of amides is 2. The second-order valence-corrected chi connectivity index (χ2v) is 7.91. The van der Waals surface area contributed by atoms with Gasteiger partial charge in [-0.2, -0.15) is 5.26 Å². The van der Waals surface area contributed by atoms with Gasteiger partial charge in [0.1, 0.15) is 0 Å². The molecule has 1 aliphatic heterocycles. The van der Waals surface area contributed by atoms with Crippen molar-refractivity contribution in [2.75, 3.05) is 17.9 Å². The Morgan fingerprint density at radius 1 is 1.00 bits per heavy atom. The van der Waals surface area contributed by atoms with E-state index in [9.17, 15) is 9.59 Å². The number of anilines is 1. The molecule has 0 fully saturated rings. The lowest BCUT2D eigenvalue weighted by atomic mass is 10.1. The lowest BCUT2D eigenvalue weighted by Crippen LogP contribution is -2.23. The fourth-order valence-corrected chi connectivity index (χ4v) is 3.97. The third-order valence-electron chi connectivity index (χ3n) is 4.66. The van der Waals surface area contributed by atoms with E-state index in [1.807, 2.05) is 36.4 Å². The number of hydrogen-bond acceptors (Lipinski definition) is 6. The molecule has 2 N–H and O–H groups in total. The van der Waals surface area contributed by atoms with Crippen LogP contribution in [0.3, 0.4) is 0 Å². The fourth-order valence-electron chi connectivity index (χ4n) is 3.12. The summed E-state index contributed by atoms with van der Waals surface area (Å²) in [5, 5.41) is 14.6. The number of carbonyl (C=O) groups is 2. The van der Waals surface area contributed by atoms with Gasteiger partial charge in [-0.3, -0.25) is 9.59 Å². The van der Waals surface area contributed by atoms with Crippen LogP contribution in [-0.2, 0) is 11.3 Å². The Kier molecular flexibility index (Phi) is 6.58. The molecule has 0 bridgehead atoms. The molecule has 32 heavy (non-hydrogen) atoms. The van der Waals surface area contributed by atoms with E-state index in [1.54, 1.807) is 36.4 Å². The number of nitriles is 1. The van der Waals surface area contributed by atoms with Gasteiger partial charge < -0.3 is 20.1 Å². The summed E-state index contributed by atoms with van der Waals surface area (Å²) < 4.78 is 10.7. The van der Waals surface area contributed by atoms with Crippen LogP contribution < -0.4 is 20.1 Å². The number of rotatable bonds is 7. The van der Waals surface area contributed by atoms with E-state index in [0.717, 1.165) is 5.56 Å². The molecule has 7 nitrogen and oxygen atoms in total. The van der Waals surface area contributed by atoms with Crippen LogP contribution in [0.15, 0.2) is 71.6 Å². The lowest BCUT2D eigenvalue weighted by molar-refractivity contribution is -0.113. The SMILES string of the molecule is N#Cc1cccc(NC(=O)CSc2ccccc2C(=O)NCc2ccc3c(c2)OCO3)c1. The normalized spacial score (nSPS) is 11.5. The first-order valence-electron chi connectivity index (χ1n) is 9.81. The van der Waals surface area contributed by atoms with Gasteiger partial charge in [0, 0.05) is 17.1 Å². The molecule has 0 aromatic heterocycles. The van der Waals surface area contributed by atoms with Gasteiger partial charge in [-0.1, -0.05) is 24.3 Å². The molecule has 0 saturated carbocycles. The number of carbonyl (C=O) groups excluding carboxylic acids is 2. The molecule has 3 aromatic rings. The van der Waals surface area contributed by atoms with Crippen molar-refractivity contribution in [2.45, 2.75) is 11.4 Å². The van der Waals surface area contributed by atoms with Crippen molar-refractivity contribution in [3.05, 3.63) is 83.4 Å². The van der Waals surface area contributed by atoms with E-state index in [-0.39, 0.29) is 24.4 Å². The van der Waals surface area contributed by atoms with Crippen LogP contribution in [0.4, 0.5) is 5.69 Å². The first kappa shape index (κ1) is 21.3. The van der Waals surface area contributed by atoms with Crippen LogP contribution in [0.2, 0.25) is 0 Å². The monoisotopic (exact) mass is 445 g/mol. The minimum Gasteiger partial charge on any atom is -0.454 e. The zero-order valence-corrected chi connectivity index (χ0v) is 17.8. The van der Waals surface area contributed by atoms with E-state index in [2.05, 4.69) is 10.6 Å². The molecule has 0 spiro atoms. The number of thioether (sulfide) groups is 1.